The minimum absolute atomic E-state index is 0.0604. The molecule has 44 heavy (non-hydrogen) atoms. The van der Waals surface area contributed by atoms with Crippen molar-refractivity contribution in [2.45, 2.75) is 52.6 Å². The fraction of sp³-hybridized carbons (Fsp3) is 0.237. The molecule has 3 heterocycles. The molecular weight excluding hydrogens is 559 g/mol. The van der Waals surface area contributed by atoms with Crippen LogP contribution < -0.4 is 0 Å². The Hall–Kier alpha value is -4.58. The minimum Gasteiger partial charge on any atom is -0.456 e. The van der Waals surface area contributed by atoms with Crippen molar-refractivity contribution in [3.8, 4) is 22.6 Å². The van der Waals surface area contributed by atoms with Gasteiger partial charge in [-0.1, -0.05) is 77.1 Å². The number of hydrogen-bond donors (Lipinski definition) is 0. The molecule has 0 aliphatic rings. The van der Waals surface area contributed by atoms with Crippen LogP contribution in [0, 0.1) is 5.41 Å². The molecule has 0 saturated carbocycles. The summed E-state index contributed by atoms with van der Waals surface area (Å²) in [6.07, 6.45) is -2.61. The molecule has 0 radical (unpaired) electrons. The zero-order valence-electron chi connectivity index (χ0n) is 25.3. The van der Waals surface area contributed by atoms with Gasteiger partial charge in [0.2, 0.25) is 0 Å². The van der Waals surface area contributed by atoms with Crippen molar-refractivity contribution in [3.63, 3.8) is 0 Å². The van der Waals surface area contributed by atoms with Crippen LogP contribution in [0.15, 0.2) is 100.0 Å². The Morgan fingerprint density at radius 2 is 1.39 bits per heavy atom. The Morgan fingerprint density at radius 1 is 0.659 bits per heavy atom. The van der Waals surface area contributed by atoms with Gasteiger partial charge in [0, 0.05) is 33.5 Å². The topological polar surface area (TPSA) is 39.2 Å². The molecule has 0 aliphatic carbocycles. The highest BCUT2D eigenvalue weighted by molar-refractivity contribution is 6.06. The van der Waals surface area contributed by atoms with Gasteiger partial charge in [-0.15, -0.1) is 0 Å². The Balaban J connectivity index is 1.29. The van der Waals surface area contributed by atoms with Crippen LogP contribution in [0.4, 0.5) is 13.2 Å². The van der Waals surface area contributed by atoms with Crippen molar-refractivity contribution in [3.05, 3.63) is 102 Å². The van der Waals surface area contributed by atoms with Crippen LogP contribution in [0.1, 0.15) is 45.7 Å². The van der Waals surface area contributed by atoms with E-state index in [1.54, 1.807) is 12.1 Å². The van der Waals surface area contributed by atoms with Crippen molar-refractivity contribution in [2.24, 2.45) is 5.41 Å². The summed E-state index contributed by atoms with van der Waals surface area (Å²) in [6, 6.07) is 28.0. The predicted octanol–water partition coefficient (Wildman–Crippen LogP) is 11.6. The van der Waals surface area contributed by atoms with Gasteiger partial charge in [0.15, 0.2) is 5.58 Å². The van der Waals surface area contributed by atoms with E-state index in [1.807, 2.05) is 42.6 Å². The van der Waals surface area contributed by atoms with Crippen molar-refractivity contribution < 1.29 is 22.0 Å². The molecule has 3 nitrogen and oxygen atoms in total. The second kappa shape index (κ2) is 9.71. The van der Waals surface area contributed by atoms with Crippen LogP contribution in [0.5, 0.6) is 0 Å². The van der Waals surface area contributed by atoms with E-state index in [-0.39, 0.29) is 11.8 Å². The molecule has 0 N–H and O–H groups in total. The first-order chi connectivity index (χ1) is 20.8. The highest BCUT2D eigenvalue weighted by Gasteiger charge is 2.47. The lowest BCUT2D eigenvalue weighted by Crippen LogP contribution is -2.34. The van der Waals surface area contributed by atoms with Gasteiger partial charge in [-0.2, -0.15) is 13.2 Å². The maximum Gasteiger partial charge on any atom is 0.394 e. The predicted molar refractivity (Wildman–Crippen MR) is 172 cm³/mol. The van der Waals surface area contributed by atoms with Gasteiger partial charge in [-0.25, -0.2) is 0 Å². The van der Waals surface area contributed by atoms with Gasteiger partial charge in [-0.05, 0) is 76.2 Å². The van der Waals surface area contributed by atoms with E-state index in [9.17, 15) is 13.2 Å². The first-order valence-electron chi connectivity index (χ1n) is 14.7. The summed E-state index contributed by atoms with van der Waals surface area (Å²) >= 11 is 0. The Kier molecular flexibility index (Phi) is 6.23. The first kappa shape index (κ1) is 28.2. The number of furan rings is 2. The zero-order valence-corrected chi connectivity index (χ0v) is 25.3. The lowest BCUT2D eigenvalue weighted by molar-refractivity contribution is -0.211. The lowest BCUT2D eigenvalue weighted by atomic mass is 9.82. The Bertz CT molecular complexity index is 2210. The van der Waals surface area contributed by atoms with Crippen LogP contribution in [-0.2, 0) is 11.8 Å². The molecule has 6 heteroatoms. The average molecular weight is 592 g/mol. The molecule has 3 aromatic heterocycles. The molecule has 0 fully saturated rings. The Labute approximate surface area is 253 Å². The van der Waals surface area contributed by atoms with E-state index in [4.69, 9.17) is 13.8 Å². The first-order valence-corrected chi connectivity index (χ1v) is 14.7. The molecule has 7 aromatic rings. The number of rotatable bonds is 4. The van der Waals surface area contributed by atoms with Gasteiger partial charge < -0.3 is 8.83 Å². The van der Waals surface area contributed by atoms with Crippen LogP contribution >= 0.6 is 0 Å². The SMILES string of the molecule is CC(C)(C)c1cc(-c2nccc3cc(-c4ccc5c(c4)oc4cc(CC(C)(C)C(F)(F)F)ccc45)oc23)cc2ccccc12. The van der Waals surface area contributed by atoms with Crippen molar-refractivity contribution in [1.82, 2.24) is 4.98 Å². The second-order valence-electron chi connectivity index (χ2n) is 13.4. The average Bonchev–Trinajstić information content (AvgIpc) is 3.56. The van der Waals surface area contributed by atoms with E-state index in [0.717, 1.165) is 38.4 Å². The maximum absolute atomic E-state index is 13.5. The van der Waals surface area contributed by atoms with Gasteiger partial charge in [0.05, 0.1) is 5.41 Å². The van der Waals surface area contributed by atoms with E-state index < -0.39 is 11.6 Å². The molecule has 0 bridgehead atoms. The third-order valence-electron chi connectivity index (χ3n) is 8.61. The summed E-state index contributed by atoms with van der Waals surface area (Å²) in [5.41, 5.74) is 4.47. The molecule has 0 amide bonds. The van der Waals surface area contributed by atoms with Crippen molar-refractivity contribution >= 4 is 43.7 Å². The molecule has 4 aromatic carbocycles. The van der Waals surface area contributed by atoms with E-state index in [1.165, 1.54) is 24.8 Å². The normalized spacial score (nSPS) is 13.1. The highest BCUT2D eigenvalue weighted by Crippen LogP contribution is 2.42. The molecule has 7 rings (SSSR count). The lowest BCUT2D eigenvalue weighted by Gasteiger charge is -2.27. The highest BCUT2D eigenvalue weighted by atomic mass is 19.4. The quantitative estimate of drug-likeness (QED) is 0.204. The number of nitrogens with zero attached hydrogens (tertiary/aromatic N) is 1. The van der Waals surface area contributed by atoms with Crippen LogP contribution in [0.25, 0.3) is 66.3 Å². The molecule has 0 aliphatic heterocycles. The van der Waals surface area contributed by atoms with Gasteiger partial charge >= 0.3 is 6.18 Å². The summed E-state index contributed by atoms with van der Waals surface area (Å²) < 4.78 is 53.2. The number of alkyl halides is 3. The van der Waals surface area contributed by atoms with Gasteiger partial charge in [0.25, 0.3) is 0 Å². The van der Waals surface area contributed by atoms with Crippen LogP contribution in [0.2, 0.25) is 0 Å². The molecular formula is C38H32F3NO2. The standard InChI is InChI=1S/C38H32F3NO2/c1-36(2,3)30-18-26(17-23-8-6-7-9-27(23)30)34-35-25(14-15-42-34)20-31(44-35)24-11-13-29-28-12-10-22(16-32(28)43-33(29)19-24)21-37(4,5)38(39,40)41/h6-20H,21H2,1-5H3. The summed E-state index contributed by atoms with van der Waals surface area (Å²) in [7, 11) is 0. The molecule has 0 spiro atoms. The Morgan fingerprint density at radius 3 is 2.14 bits per heavy atom. The number of aromatic nitrogens is 1. The van der Waals surface area contributed by atoms with Crippen LogP contribution in [0.3, 0.4) is 0 Å². The summed E-state index contributed by atoms with van der Waals surface area (Å²) in [5.74, 6) is 0.682. The largest absolute Gasteiger partial charge is 0.456 e. The van der Waals surface area contributed by atoms with E-state index in [2.05, 4.69) is 57.2 Å². The van der Waals surface area contributed by atoms with Crippen molar-refractivity contribution in [2.75, 3.05) is 0 Å². The summed E-state index contributed by atoms with van der Waals surface area (Å²) in [6.45, 7) is 9.10. The number of benzene rings is 4. The molecule has 0 atom stereocenters. The fourth-order valence-corrected chi connectivity index (χ4v) is 6.08. The smallest absolute Gasteiger partial charge is 0.394 e. The summed E-state index contributed by atoms with van der Waals surface area (Å²) in [4.78, 5) is 4.76. The van der Waals surface area contributed by atoms with Gasteiger partial charge in [0.1, 0.15) is 22.6 Å². The minimum atomic E-state index is -4.30. The number of fused-ring (bicyclic) bond motifs is 5. The molecule has 0 unspecified atom stereocenters. The number of pyridine rings is 1. The monoisotopic (exact) mass is 591 g/mol. The van der Waals surface area contributed by atoms with Crippen molar-refractivity contribution in [1.29, 1.82) is 0 Å². The van der Waals surface area contributed by atoms with E-state index >= 15 is 0 Å². The second-order valence-corrected chi connectivity index (χ2v) is 13.4. The molecule has 0 saturated heterocycles. The number of hydrogen-bond acceptors (Lipinski definition) is 3. The van der Waals surface area contributed by atoms with Gasteiger partial charge in [-0.3, -0.25) is 4.98 Å². The maximum atomic E-state index is 13.5. The third kappa shape index (κ3) is 4.73. The number of halogens is 3. The third-order valence-corrected chi connectivity index (χ3v) is 8.61. The fourth-order valence-electron chi connectivity index (χ4n) is 6.08. The van der Waals surface area contributed by atoms with Crippen LogP contribution in [-0.4, -0.2) is 11.2 Å². The molecule has 222 valence electrons. The van der Waals surface area contributed by atoms with E-state index in [0.29, 0.717) is 28.1 Å². The summed E-state index contributed by atoms with van der Waals surface area (Å²) in [5, 5.41) is 5.08. The zero-order chi connectivity index (χ0) is 31.0.